The van der Waals surface area contributed by atoms with Gasteiger partial charge in [-0.05, 0) is 46.1 Å². The average molecular weight is 396 g/mol. The number of methoxy groups -OCH3 is 1. The Morgan fingerprint density at radius 3 is 2.67 bits per heavy atom. The predicted octanol–water partition coefficient (Wildman–Crippen LogP) is 5.91. The van der Waals surface area contributed by atoms with E-state index in [0.29, 0.717) is 20.8 Å². The highest BCUT2D eigenvalue weighted by atomic mass is 79.9. The number of hydrogen-bond acceptors (Lipinski definition) is 1. The summed E-state index contributed by atoms with van der Waals surface area (Å²) in [6.07, 6.45) is 0.119. The van der Waals surface area contributed by atoms with Crippen LogP contribution < -0.4 is 4.74 Å². The third-order valence-electron chi connectivity index (χ3n) is 3.01. The van der Waals surface area contributed by atoms with Crippen LogP contribution in [0.2, 0.25) is 5.02 Å². The summed E-state index contributed by atoms with van der Waals surface area (Å²) in [5, 5.41) is -0.130. The average Bonchev–Trinajstić information content (AvgIpc) is 2.43. The van der Waals surface area contributed by atoms with Gasteiger partial charge < -0.3 is 4.74 Å². The van der Waals surface area contributed by atoms with Gasteiger partial charge in [0, 0.05) is 10.6 Å². The number of rotatable bonds is 4. The number of hydrogen-bond donors (Lipinski definition) is 0. The Hall–Kier alpha value is -0.840. The maximum atomic E-state index is 13.7. The maximum absolute atomic E-state index is 13.7. The first kappa shape index (κ1) is 16.5. The quantitative estimate of drug-likeness (QED) is 0.584. The molecule has 1 nitrogen and oxygen atoms in total. The molecule has 2 aromatic carbocycles. The minimum Gasteiger partial charge on any atom is -0.495 e. The molecule has 0 amide bonds. The smallest absolute Gasteiger partial charge is 0.162 e. The van der Waals surface area contributed by atoms with Crippen molar-refractivity contribution >= 4 is 39.1 Å². The number of halogens is 5. The van der Waals surface area contributed by atoms with Crippen molar-refractivity contribution in [2.75, 3.05) is 7.11 Å². The first-order chi connectivity index (χ1) is 9.93. The minimum absolute atomic E-state index is 0.119. The standard InChI is InChI=1S/C15H11BrCl2F2O/c1-21-15-10(6-9(17)7-11(15)16)12(18)5-8-3-2-4-13(19)14(8)20/h2-4,6-7,12H,5H2,1H3. The van der Waals surface area contributed by atoms with Crippen LogP contribution >= 0.6 is 39.1 Å². The molecule has 0 heterocycles. The highest BCUT2D eigenvalue weighted by Crippen LogP contribution is 2.39. The van der Waals surface area contributed by atoms with Gasteiger partial charge in [0.15, 0.2) is 11.6 Å². The second kappa shape index (κ2) is 6.95. The van der Waals surface area contributed by atoms with Crippen LogP contribution in [0.5, 0.6) is 5.75 Å². The molecule has 0 radical (unpaired) electrons. The summed E-state index contributed by atoms with van der Waals surface area (Å²) in [7, 11) is 1.50. The second-order valence-corrected chi connectivity index (χ2v) is 6.21. The molecule has 0 saturated heterocycles. The number of ether oxygens (including phenoxy) is 1. The number of benzene rings is 2. The molecule has 0 fully saturated rings. The molecule has 1 unspecified atom stereocenters. The summed E-state index contributed by atoms with van der Waals surface area (Å²) in [4.78, 5) is 0. The van der Waals surface area contributed by atoms with Gasteiger partial charge in [0.05, 0.1) is 17.0 Å². The van der Waals surface area contributed by atoms with E-state index in [1.165, 1.54) is 19.2 Å². The Morgan fingerprint density at radius 2 is 2.00 bits per heavy atom. The monoisotopic (exact) mass is 394 g/mol. The molecule has 0 aliphatic heterocycles. The minimum atomic E-state index is -0.893. The molecule has 2 rings (SSSR count). The SMILES string of the molecule is COc1c(Br)cc(Cl)cc1C(Cl)Cc1cccc(F)c1F. The van der Waals surface area contributed by atoms with E-state index in [0.717, 1.165) is 6.07 Å². The van der Waals surface area contributed by atoms with Gasteiger partial charge >= 0.3 is 0 Å². The molecule has 0 saturated carbocycles. The maximum Gasteiger partial charge on any atom is 0.162 e. The Kier molecular flexibility index (Phi) is 5.47. The molecule has 1 atom stereocenters. The zero-order chi connectivity index (χ0) is 15.6. The Morgan fingerprint density at radius 1 is 1.29 bits per heavy atom. The van der Waals surface area contributed by atoms with E-state index in [-0.39, 0.29) is 12.0 Å². The van der Waals surface area contributed by atoms with Crippen LogP contribution in [0.25, 0.3) is 0 Å². The summed E-state index contributed by atoms with van der Waals surface area (Å²) in [6, 6.07) is 7.34. The molecular formula is C15H11BrCl2F2O. The van der Waals surface area contributed by atoms with E-state index in [1.54, 1.807) is 12.1 Å². The van der Waals surface area contributed by atoms with Crippen molar-refractivity contribution in [1.29, 1.82) is 0 Å². The highest BCUT2D eigenvalue weighted by Gasteiger charge is 2.20. The van der Waals surface area contributed by atoms with E-state index in [4.69, 9.17) is 27.9 Å². The lowest BCUT2D eigenvalue weighted by molar-refractivity contribution is 0.406. The number of alkyl halides is 1. The van der Waals surface area contributed by atoms with Gasteiger partial charge in [-0.15, -0.1) is 11.6 Å². The van der Waals surface area contributed by atoms with E-state index in [2.05, 4.69) is 15.9 Å². The van der Waals surface area contributed by atoms with Crippen molar-refractivity contribution in [2.45, 2.75) is 11.8 Å². The van der Waals surface area contributed by atoms with Gasteiger partial charge in [-0.25, -0.2) is 8.78 Å². The van der Waals surface area contributed by atoms with E-state index >= 15 is 0 Å². The Bertz CT molecular complexity index is 664. The molecule has 0 aliphatic rings. The lowest BCUT2D eigenvalue weighted by Gasteiger charge is -2.16. The Labute approximate surface area is 140 Å². The van der Waals surface area contributed by atoms with Gasteiger partial charge in [0.2, 0.25) is 0 Å². The molecule has 0 spiro atoms. The van der Waals surface area contributed by atoms with Crippen molar-refractivity contribution in [2.24, 2.45) is 0 Å². The topological polar surface area (TPSA) is 9.23 Å². The lowest BCUT2D eigenvalue weighted by Crippen LogP contribution is -2.03. The zero-order valence-corrected chi connectivity index (χ0v) is 14.1. The predicted molar refractivity (Wildman–Crippen MR) is 84.4 cm³/mol. The third kappa shape index (κ3) is 3.68. The summed E-state index contributed by atoms with van der Waals surface area (Å²) < 4.78 is 32.9. The normalized spacial score (nSPS) is 12.3. The molecule has 2 aromatic rings. The van der Waals surface area contributed by atoms with Crippen LogP contribution in [0.3, 0.4) is 0 Å². The fourth-order valence-electron chi connectivity index (χ4n) is 2.04. The van der Waals surface area contributed by atoms with E-state index in [9.17, 15) is 8.78 Å². The highest BCUT2D eigenvalue weighted by molar-refractivity contribution is 9.10. The summed E-state index contributed by atoms with van der Waals surface area (Å²) >= 11 is 15.7. The Balaban J connectivity index is 2.36. The van der Waals surface area contributed by atoms with Crippen LogP contribution in [0.1, 0.15) is 16.5 Å². The van der Waals surface area contributed by atoms with Crippen molar-refractivity contribution in [1.82, 2.24) is 0 Å². The molecular weight excluding hydrogens is 385 g/mol. The molecule has 6 heteroatoms. The van der Waals surface area contributed by atoms with Gasteiger partial charge in [-0.2, -0.15) is 0 Å². The van der Waals surface area contributed by atoms with Crippen molar-refractivity contribution in [3.63, 3.8) is 0 Å². The fourth-order valence-corrected chi connectivity index (χ4v) is 3.36. The van der Waals surface area contributed by atoms with Crippen molar-refractivity contribution in [3.8, 4) is 5.75 Å². The van der Waals surface area contributed by atoms with Crippen LogP contribution in [0, 0.1) is 11.6 Å². The fraction of sp³-hybridized carbons (Fsp3) is 0.200. The second-order valence-electron chi connectivity index (χ2n) is 4.39. The van der Waals surface area contributed by atoms with Crippen molar-refractivity contribution in [3.05, 3.63) is 62.6 Å². The first-order valence-electron chi connectivity index (χ1n) is 6.04. The van der Waals surface area contributed by atoms with Crippen LogP contribution in [0.4, 0.5) is 8.78 Å². The van der Waals surface area contributed by atoms with Crippen LogP contribution in [-0.4, -0.2) is 7.11 Å². The molecule has 112 valence electrons. The van der Waals surface area contributed by atoms with E-state index < -0.39 is 17.0 Å². The van der Waals surface area contributed by atoms with Gasteiger partial charge in [0.25, 0.3) is 0 Å². The molecule has 21 heavy (non-hydrogen) atoms. The summed E-state index contributed by atoms with van der Waals surface area (Å²) in [6.45, 7) is 0. The largest absolute Gasteiger partial charge is 0.495 e. The van der Waals surface area contributed by atoms with Crippen molar-refractivity contribution < 1.29 is 13.5 Å². The van der Waals surface area contributed by atoms with E-state index in [1.807, 2.05) is 0 Å². The molecule has 0 aromatic heterocycles. The summed E-state index contributed by atoms with van der Waals surface area (Å²) in [5.41, 5.74) is 0.815. The first-order valence-corrected chi connectivity index (χ1v) is 7.64. The van der Waals surface area contributed by atoms with Gasteiger partial charge in [-0.3, -0.25) is 0 Å². The molecule has 0 aliphatic carbocycles. The lowest BCUT2D eigenvalue weighted by atomic mass is 10.0. The molecule has 0 N–H and O–H groups in total. The van der Waals surface area contributed by atoms with Gasteiger partial charge in [0.1, 0.15) is 5.75 Å². The summed E-state index contributed by atoms with van der Waals surface area (Å²) in [5.74, 6) is -1.25. The van der Waals surface area contributed by atoms with Gasteiger partial charge in [-0.1, -0.05) is 23.7 Å². The third-order valence-corrected chi connectivity index (χ3v) is 4.21. The molecule has 0 bridgehead atoms. The zero-order valence-electron chi connectivity index (χ0n) is 11.0. The van der Waals surface area contributed by atoms with Crippen LogP contribution in [0.15, 0.2) is 34.8 Å². The van der Waals surface area contributed by atoms with Crippen LogP contribution in [-0.2, 0) is 6.42 Å².